The van der Waals surface area contributed by atoms with Crippen molar-refractivity contribution in [2.24, 2.45) is 10.9 Å². The van der Waals surface area contributed by atoms with Crippen LogP contribution in [0.4, 0.5) is 5.82 Å². The van der Waals surface area contributed by atoms with Crippen molar-refractivity contribution in [2.45, 2.75) is 67.0 Å². The highest BCUT2D eigenvalue weighted by Gasteiger charge is 2.23. The molecular formula is C29H39N7O4S. The highest BCUT2D eigenvalue weighted by Crippen LogP contribution is 2.39. The summed E-state index contributed by atoms with van der Waals surface area (Å²) in [5.74, 6) is -0.523. The van der Waals surface area contributed by atoms with E-state index < -0.39 is 5.97 Å². The van der Waals surface area contributed by atoms with Crippen molar-refractivity contribution < 1.29 is 19.8 Å². The quantitative estimate of drug-likeness (QED) is 0.0880. The van der Waals surface area contributed by atoms with Crippen molar-refractivity contribution in [1.82, 2.24) is 19.4 Å². The van der Waals surface area contributed by atoms with E-state index in [4.69, 9.17) is 15.7 Å². The first-order valence-corrected chi connectivity index (χ1v) is 12.9. The maximum Gasteiger partial charge on any atom is 0.374 e. The summed E-state index contributed by atoms with van der Waals surface area (Å²) in [5.41, 5.74) is 12.0. The lowest BCUT2D eigenvalue weighted by Gasteiger charge is -2.14. The van der Waals surface area contributed by atoms with Crippen molar-refractivity contribution >= 4 is 36.8 Å². The molecule has 41 heavy (non-hydrogen) atoms. The minimum absolute atomic E-state index is 0. The highest BCUT2D eigenvalue weighted by atomic mass is 32.1. The van der Waals surface area contributed by atoms with Gasteiger partial charge in [0.25, 0.3) is 0 Å². The molecule has 0 atom stereocenters. The number of carboxylic acids is 1. The molecule has 0 bridgehead atoms. The maximum atomic E-state index is 11.6. The van der Waals surface area contributed by atoms with Gasteiger partial charge < -0.3 is 30.5 Å². The fourth-order valence-corrected chi connectivity index (χ4v) is 4.28. The zero-order chi connectivity index (χ0) is 28.1. The highest BCUT2D eigenvalue weighted by molar-refractivity contribution is 7.59. The second-order valence-corrected chi connectivity index (χ2v) is 9.17. The molecule has 0 unspecified atom stereocenters. The molecule has 1 aliphatic carbocycles. The molecule has 220 valence electrons. The molecule has 0 radical (unpaired) electrons. The number of rotatable bonds is 9. The Morgan fingerprint density at radius 3 is 2.41 bits per heavy atom. The second kappa shape index (κ2) is 14.4. The number of aromatic carboxylic acids is 1. The lowest BCUT2D eigenvalue weighted by Crippen LogP contribution is -2.15. The Morgan fingerprint density at radius 1 is 1.12 bits per heavy atom. The number of nitrogens with two attached hydrogens (primary N) is 1. The van der Waals surface area contributed by atoms with E-state index in [0.29, 0.717) is 29.5 Å². The standard InChI is InChI=1S/C26H27N7O4.C2H6.CH4.H2S/c1-14-7-18(24(27)32-36)8-15(2)20(14)10-28-21-9-23(31-25(30-21)26(34)35)37-13-19-12-33-11-17(16-3-4-16)5-6-22(33)29-19;1-2;;/h5-9,11-12,16,36H,3-4,10,13H2,1-2H3,(H2,27,32)(H,34,35)(H,28,30,31);1-2H3;1H4;1H2. The van der Waals surface area contributed by atoms with Crippen molar-refractivity contribution in [1.29, 1.82) is 0 Å². The monoisotopic (exact) mass is 581 g/mol. The summed E-state index contributed by atoms with van der Waals surface area (Å²) in [6.45, 7) is 8.33. The van der Waals surface area contributed by atoms with E-state index in [0.717, 1.165) is 22.3 Å². The Labute approximate surface area is 247 Å². The molecule has 12 heteroatoms. The third-order valence-corrected chi connectivity index (χ3v) is 6.38. The summed E-state index contributed by atoms with van der Waals surface area (Å²) >= 11 is 0. The zero-order valence-electron chi connectivity index (χ0n) is 23.0. The summed E-state index contributed by atoms with van der Waals surface area (Å²) in [4.78, 5) is 24.3. The number of hydrogen-bond donors (Lipinski definition) is 4. The van der Waals surface area contributed by atoms with Crippen LogP contribution in [0.5, 0.6) is 5.88 Å². The van der Waals surface area contributed by atoms with E-state index in [9.17, 15) is 9.90 Å². The van der Waals surface area contributed by atoms with Gasteiger partial charge in [0.15, 0.2) is 5.84 Å². The van der Waals surface area contributed by atoms with E-state index in [1.807, 2.05) is 56.5 Å². The number of imidazole rings is 1. The van der Waals surface area contributed by atoms with Crippen molar-refractivity contribution in [3.63, 3.8) is 0 Å². The van der Waals surface area contributed by atoms with E-state index in [1.165, 1.54) is 18.4 Å². The lowest BCUT2D eigenvalue weighted by molar-refractivity contribution is 0.0682. The van der Waals surface area contributed by atoms with Crippen LogP contribution in [0.2, 0.25) is 0 Å². The first-order chi connectivity index (χ1) is 18.8. The first-order valence-electron chi connectivity index (χ1n) is 12.9. The van der Waals surface area contributed by atoms with Gasteiger partial charge in [-0.3, -0.25) is 0 Å². The third-order valence-electron chi connectivity index (χ3n) is 6.38. The summed E-state index contributed by atoms with van der Waals surface area (Å²) in [5, 5.41) is 24.7. The SMILES string of the molecule is C.CC.Cc1cc(/C(N)=N/O)cc(C)c1CNc1cc(OCc2cn3cc(C4CC4)ccc3n2)nc(C(=O)O)n1.S. The number of oxime groups is 1. The summed E-state index contributed by atoms with van der Waals surface area (Å²) in [6.07, 6.45) is 6.46. The molecule has 5 N–H and O–H groups in total. The molecule has 11 nitrogen and oxygen atoms in total. The average molecular weight is 582 g/mol. The Morgan fingerprint density at radius 2 is 1.80 bits per heavy atom. The van der Waals surface area contributed by atoms with E-state index in [2.05, 4.69) is 37.7 Å². The van der Waals surface area contributed by atoms with Gasteiger partial charge in [0.1, 0.15) is 18.1 Å². The number of carbonyl (C=O) groups is 1. The number of anilines is 1. The van der Waals surface area contributed by atoms with Gasteiger partial charge in [-0.15, -0.1) is 0 Å². The smallest absolute Gasteiger partial charge is 0.374 e. The van der Waals surface area contributed by atoms with Crippen LogP contribution in [-0.2, 0) is 13.2 Å². The number of ether oxygens (including phenoxy) is 1. The number of nitrogens with zero attached hydrogens (tertiary/aromatic N) is 5. The second-order valence-electron chi connectivity index (χ2n) is 9.17. The van der Waals surface area contributed by atoms with Gasteiger partial charge in [0.2, 0.25) is 11.7 Å². The van der Waals surface area contributed by atoms with Crippen LogP contribution in [0.15, 0.2) is 47.9 Å². The number of nitrogens with one attached hydrogen (secondary N) is 1. The first kappa shape index (κ1) is 32.9. The van der Waals surface area contributed by atoms with Crippen molar-refractivity contribution in [2.75, 3.05) is 5.32 Å². The molecular weight excluding hydrogens is 542 g/mol. The third kappa shape index (κ3) is 7.88. The van der Waals surface area contributed by atoms with E-state index in [1.54, 1.807) is 6.07 Å². The Balaban J connectivity index is 0.00000144. The molecule has 1 aliphatic rings. The van der Waals surface area contributed by atoms with E-state index >= 15 is 0 Å². The fraction of sp³-hybridized carbons (Fsp3) is 0.345. The minimum atomic E-state index is -1.26. The van der Waals surface area contributed by atoms with Gasteiger partial charge >= 0.3 is 5.97 Å². The van der Waals surface area contributed by atoms with Gasteiger partial charge in [-0.25, -0.2) is 14.8 Å². The average Bonchev–Trinajstić information content (AvgIpc) is 3.71. The summed E-state index contributed by atoms with van der Waals surface area (Å²) in [6, 6.07) is 9.30. The maximum absolute atomic E-state index is 11.6. The van der Waals surface area contributed by atoms with Gasteiger partial charge in [-0.1, -0.05) is 32.5 Å². The number of aromatic nitrogens is 4. The van der Waals surface area contributed by atoms with Crippen LogP contribution in [0.3, 0.4) is 0 Å². The lowest BCUT2D eigenvalue weighted by atomic mass is 9.99. The summed E-state index contributed by atoms with van der Waals surface area (Å²) < 4.78 is 7.80. The van der Waals surface area contributed by atoms with Gasteiger partial charge in [-0.05, 0) is 73.1 Å². The van der Waals surface area contributed by atoms with Crippen LogP contribution < -0.4 is 15.8 Å². The molecule has 3 heterocycles. The Hall–Kier alpha value is -4.32. The molecule has 0 amide bonds. The molecule has 1 fully saturated rings. The van der Waals surface area contributed by atoms with Crippen LogP contribution in [-0.4, -0.2) is 41.5 Å². The molecule has 1 aromatic carbocycles. The van der Waals surface area contributed by atoms with E-state index in [-0.39, 0.29) is 45.1 Å². The predicted molar refractivity (Wildman–Crippen MR) is 165 cm³/mol. The van der Waals surface area contributed by atoms with Gasteiger partial charge in [-0.2, -0.15) is 18.5 Å². The normalized spacial score (nSPS) is 12.4. The van der Waals surface area contributed by atoms with Gasteiger partial charge in [0, 0.05) is 30.6 Å². The fourth-order valence-electron chi connectivity index (χ4n) is 4.28. The molecule has 0 saturated heterocycles. The number of hydrogen-bond acceptors (Lipinski definition) is 8. The van der Waals surface area contributed by atoms with Crippen LogP contribution in [0, 0.1) is 13.8 Å². The molecule has 0 aliphatic heterocycles. The molecule has 0 spiro atoms. The minimum Gasteiger partial charge on any atom is -0.475 e. The molecule has 1 saturated carbocycles. The van der Waals surface area contributed by atoms with Crippen LogP contribution in [0.25, 0.3) is 5.65 Å². The molecule has 3 aromatic heterocycles. The summed E-state index contributed by atoms with van der Waals surface area (Å²) in [7, 11) is 0. The largest absolute Gasteiger partial charge is 0.475 e. The molecule has 5 rings (SSSR count). The number of benzene rings is 1. The number of fused-ring (bicyclic) bond motifs is 1. The van der Waals surface area contributed by atoms with Gasteiger partial charge in [0.05, 0.1) is 5.69 Å². The Bertz CT molecular complexity index is 1510. The molecule has 4 aromatic rings. The number of amidine groups is 1. The zero-order valence-corrected chi connectivity index (χ0v) is 24.0. The van der Waals surface area contributed by atoms with Crippen molar-refractivity contribution in [3.05, 3.63) is 82.1 Å². The van der Waals surface area contributed by atoms with Crippen molar-refractivity contribution in [3.8, 4) is 5.88 Å². The van der Waals surface area contributed by atoms with Crippen LogP contribution in [0.1, 0.15) is 84.2 Å². The number of aryl methyl sites for hydroxylation is 2. The number of carboxylic acid groups (broad SMARTS) is 1. The van der Waals surface area contributed by atoms with Crippen LogP contribution >= 0.6 is 13.5 Å². The topological polar surface area (TPSA) is 160 Å². The number of pyridine rings is 1. The predicted octanol–water partition coefficient (Wildman–Crippen LogP) is 5.38. The Kier molecular flexibility index (Phi) is 11.5.